The average Bonchev–Trinajstić information content (AvgIpc) is 2.76. The summed E-state index contributed by atoms with van der Waals surface area (Å²) in [6.45, 7) is 0. The standard InChI is InChI=1S/C26H26F2/c27-25-8-4-7-24(26(25)28)23-17-15-22(16-18-23)21-13-11-20(12-14-21)10-9-19-5-2-1-3-6-19/h4,7-8,11-19H,1-3,5-6,9-10H2. The highest BCUT2D eigenvalue weighted by molar-refractivity contribution is 5.70. The lowest BCUT2D eigenvalue weighted by molar-refractivity contribution is 0.339. The van der Waals surface area contributed by atoms with E-state index >= 15 is 0 Å². The molecule has 0 radical (unpaired) electrons. The SMILES string of the molecule is Fc1cccc(-c2ccc(-c3ccc(CCC4CCCCC4)cc3)cc2)c1F. The van der Waals surface area contributed by atoms with E-state index in [9.17, 15) is 8.78 Å². The monoisotopic (exact) mass is 376 g/mol. The van der Waals surface area contributed by atoms with Crippen LogP contribution < -0.4 is 0 Å². The van der Waals surface area contributed by atoms with E-state index in [0.29, 0.717) is 11.1 Å². The van der Waals surface area contributed by atoms with Gasteiger partial charge < -0.3 is 0 Å². The van der Waals surface area contributed by atoms with Crippen LogP contribution in [0.1, 0.15) is 44.1 Å². The fourth-order valence-corrected chi connectivity index (χ4v) is 4.28. The molecule has 144 valence electrons. The molecule has 2 heteroatoms. The lowest BCUT2D eigenvalue weighted by Gasteiger charge is -2.21. The lowest BCUT2D eigenvalue weighted by atomic mass is 9.85. The molecule has 0 heterocycles. The van der Waals surface area contributed by atoms with Crippen LogP contribution in [-0.2, 0) is 6.42 Å². The Balaban J connectivity index is 1.43. The Bertz CT molecular complexity index is 904. The first kappa shape index (κ1) is 18.9. The van der Waals surface area contributed by atoms with Crippen LogP contribution in [-0.4, -0.2) is 0 Å². The molecule has 28 heavy (non-hydrogen) atoms. The predicted molar refractivity (Wildman–Crippen MR) is 112 cm³/mol. The number of benzene rings is 3. The van der Waals surface area contributed by atoms with Gasteiger partial charge in [-0.2, -0.15) is 0 Å². The third-order valence-electron chi connectivity index (χ3n) is 6.00. The van der Waals surface area contributed by atoms with Crippen molar-refractivity contribution < 1.29 is 8.78 Å². The highest BCUT2D eigenvalue weighted by atomic mass is 19.2. The number of rotatable bonds is 5. The maximum absolute atomic E-state index is 14.0. The Morgan fingerprint density at radius 1 is 0.679 bits per heavy atom. The van der Waals surface area contributed by atoms with E-state index in [0.717, 1.165) is 29.5 Å². The molecule has 0 amide bonds. The first-order valence-electron chi connectivity index (χ1n) is 10.3. The summed E-state index contributed by atoms with van der Waals surface area (Å²) >= 11 is 0. The van der Waals surface area contributed by atoms with E-state index < -0.39 is 11.6 Å². The summed E-state index contributed by atoms with van der Waals surface area (Å²) in [5.74, 6) is -0.702. The molecule has 1 saturated carbocycles. The molecule has 0 aliphatic heterocycles. The molecule has 1 fully saturated rings. The Labute approximate surface area is 166 Å². The summed E-state index contributed by atoms with van der Waals surface area (Å²) in [7, 11) is 0. The summed E-state index contributed by atoms with van der Waals surface area (Å²) in [6.07, 6.45) is 9.47. The minimum Gasteiger partial charge on any atom is -0.204 e. The molecule has 0 atom stereocenters. The van der Waals surface area contributed by atoms with Crippen LogP contribution in [0.3, 0.4) is 0 Å². The Hall–Kier alpha value is -2.48. The third kappa shape index (κ3) is 4.32. The largest absolute Gasteiger partial charge is 0.204 e. The van der Waals surface area contributed by atoms with Gasteiger partial charge in [0.2, 0.25) is 0 Å². The zero-order valence-corrected chi connectivity index (χ0v) is 16.1. The van der Waals surface area contributed by atoms with E-state index in [1.165, 1.54) is 50.2 Å². The molecule has 1 aliphatic carbocycles. The van der Waals surface area contributed by atoms with Gasteiger partial charge in [-0.3, -0.25) is 0 Å². The molecule has 0 N–H and O–H groups in total. The van der Waals surface area contributed by atoms with Crippen LogP contribution >= 0.6 is 0 Å². The Morgan fingerprint density at radius 2 is 1.29 bits per heavy atom. The second-order valence-electron chi connectivity index (χ2n) is 7.92. The van der Waals surface area contributed by atoms with Crippen molar-refractivity contribution in [3.63, 3.8) is 0 Å². The first-order chi connectivity index (χ1) is 13.7. The van der Waals surface area contributed by atoms with Gasteiger partial charge >= 0.3 is 0 Å². The average molecular weight is 376 g/mol. The molecule has 0 aromatic heterocycles. The summed E-state index contributed by atoms with van der Waals surface area (Å²) < 4.78 is 27.4. The molecule has 3 aromatic rings. The minimum atomic E-state index is -0.814. The molecule has 3 aromatic carbocycles. The zero-order valence-electron chi connectivity index (χ0n) is 16.1. The van der Waals surface area contributed by atoms with Gasteiger partial charge in [-0.1, -0.05) is 92.8 Å². The van der Waals surface area contributed by atoms with Gasteiger partial charge in [0.1, 0.15) is 0 Å². The highest BCUT2D eigenvalue weighted by Gasteiger charge is 2.13. The predicted octanol–water partition coefficient (Wildman–Crippen LogP) is 7.81. The fourth-order valence-electron chi connectivity index (χ4n) is 4.28. The minimum absolute atomic E-state index is 0.296. The Morgan fingerprint density at radius 3 is 1.96 bits per heavy atom. The van der Waals surface area contributed by atoms with E-state index in [2.05, 4.69) is 24.3 Å². The van der Waals surface area contributed by atoms with Gasteiger partial charge in [0, 0.05) is 5.56 Å². The summed E-state index contributed by atoms with van der Waals surface area (Å²) in [5, 5.41) is 0. The van der Waals surface area contributed by atoms with Crippen LogP contribution in [0.5, 0.6) is 0 Å². The van der Waals surface area contributed by atoms with Crippen LogP contribution in [0.4, 0.5) is 8.78 Å². The second kappa shape index (κ2) is 8.68. The van der Waals surface area contributed by atoms with Gasteiger partial charge in [-0.15, -0.1) is 0 Å². The maximum Gasteiger partial charge on any atom is 0.166 e. The lowest BCUT2D eigenvalue weighted by Crippen LogP contribution is -2.07. The van der Waals surface area contributed by atoms with Crippen LogP contribution in [0, 0.1) is 17.6 Å². The number of hydrogen-bond donors (Lipinski definition) is 0. The number of hydrogen-bond acceptors (Lipinski definition) is 0. The van der Waals surface area contributed by atoms with Gasteiger partial charge in [0.15, 0.2) is 11.6 Å². The van der Waals surface area contributed by atoms with Crippen molar-refractivity contribution in [3.05, 3.63) is 83.9 Å². The molecule has 0 nitrogen and oxygen atoms in total. The van der Waals surface area contributed by atoms with E-state index in [-0.39, 0.29) is 0 Å². The highest BCUT2D eigenvalue weighted by Crippen LogP contribution is 2.29. The van der Waals surface area contributed by atoms with E-state index in [1.54, 1.807) is 6.07 Å². The van der Waals surface area contributed by atoms with Crippen molar-refractivity contribution in [2.24, 2.45) is 5.92 Å². The van der Waals surface area contributed by atoms with Crippen molar-refractivity contribution in [2.75, 3.05) is 0 Å². The fraction of sp³-hybridized carbons (Fsp3) is 0.308. The normalized spacial score (nSPS) is 14.9. The van der Waals surface area contributed by atoms with Gasteiger partial charge in [0.05, 0.1) is 0 Å². The molecular formula is C26H26F2. The Kier molecular flexibility index (Phi) is 5.85. The summed E-state index contributed by atoms with van der Waals surface area (Å²) in [6, 6.07) is 20.7. The van der Waals surface area contributed by atoms with Crippen LogP contribution in [0.25, 0.3) is 22.3 Å². The topological polar surface area (TPSA) is 0 Å². The molecular weight excluding hydrogens is 350 g/mol. The van der Waals surface area contributed by atoms with Gasteiger partial charge in [0.25, 0.3) is 0 Å². The smallest absolute Gasteiger partial charge is 0.166 e. The van der Waals surface area contributed by atoms with Crippen molar-refractivity contribution >= 4 is 0 Å². The van der Waals surface area contributed by atoms with Gasteiger partial charge in [-0.25, -0.2) is 8.78 Å². The van der Waals surface area contributed by atoms with Crippen LogP contribution in [0.2, 0.25) is 0 Å². The second-order valence-corrected chi connectivity index (χ2v) is 7.92. The summed E-state index contributed by atoms with van der Waals surface area (Å²) in [4.78, 5) is 0. The van der Waals surface area contributed by atoms with Crippen molar-refractivity contribution in [2.45, 2.75) is 44.9 Å². The van der Waals surface area contributed by atoms with E-state index in [4.69, 9.17) is 0 Å². The maximum atomic E-state index is 14.0. The molecule has 0 spiro atoms. The number of halogens is 2. The van der Waals surface area contributed by atoms with Crippen LogP contribution in [0.15, 0.2) is 66.7 Å². The van der Waals surface area contributed by atoms with Crippen molar-refractivity contribution in [3.8, 4) is 22.3 Å². The first-order valence-corrected chi connectivity index (χ1v) is 10.3. The third-order valence-corrected chi connectivity index (χ3v) is 6.00. The van der Waals surface area contributed by atoms with E-state index in [1.807, 2.05) is 24.3 Å². The van der Waals surface area contributed by atoms with Crippen molar-refractivity contribution in [1.29, 1.82) is 0 Å². The molecule has 0 saturated heterocycles. The summed E-state index contributed by atoms with van der Waals surface area (Å²) in [5.41, 5.74) is 4.61. The quantitative estimate of drug-likeness (QED) is 0.426. The molecule has 1 aliphatic rings. The molecule has 0 unspecified atom stereocenters. The molecule has 0 bridgehead atoms. The molecule has 4 rings (SSSR count). The zero-order chi connectivity index (χ0) is 19.3. The van der Waals surface area contributed by atoms with Crippen molar-refractivity contribution in [1.82, 2.24) is 0 Å². The van der Waals surface area contributed by atoms with Gasteiger partial charge in [-0.05, 0) is 47.1 Å². The number of aryl methyl sites for hydroxylation is 1.